The Bertz CT molecular complexity index is 327. The van der Waals surface area contributed by atoms with Crippen molar-refractivity contribution in [2.45, 2.75) is 45.1 Å². The third kappa shape index (κ3) is 3.47. The summed E-state index contributed by atoms with van der Waals surface area (Å²) in [7, 11) is 0. The van der Waals surface area contributed by atoms with Crippen molar-refractivity contribution in [1.82, 2.24) is 5.32 Å². The van der Waals surface area contributed by atoms with Gasteiger partial charge >= 0.3 is 0 Å². The van der Waals surface area contributed by atoms with Crippen LogP contribution in [0.5, 0.6) is 5.75 Å². The lowest BCUT2D eigenvalue weighted by Gasteiger charge is -2.24. The Morgan fingerprint density at radius 3 is 2.71 bits per heavy atom. The minimum Gasteiger partial charge on any atom is -0.489 e. The first-order valence-corrected chi connectivity index (χ1v) is 6.77. The number of piperidine rings is 1. The lowest BCUT2D eigenvalue weighted by molar-refractivity contribution is 0.167. The fourth-order valence-corrected chi connectivity index (χ4v) is 2.22. The third-order valence-corrected chi connectivity index (χ3v) is 3.62. The van der Waals surface area contributed by atoms with E-state index in [4.69, 9.17) is 4.74 Å². The number of benzene rings is 1. The van der Waals surface area contributed by atoms with Crippen LogP contribution in [0.25, 0.3) is 0 Å². The molecule has 0 bridgehead atoms. The second-order valence-corrected chi connectivity index (χ2v) is 4.96. The maximum absolute atomic E-state index is 5.96. The first kappa shape index (κ1) is 12.4. The molecule has 0 radical (unpaired) electrons. The molecule has 2 atom stereocenters. The smallest absolute Gasteiger partial charge is 0.119 e. The van der Waals surface area contributed by atoms with Gasteiger partial charge in [0.2, 0.25) is 0 Å². The van der Waals surface area contributed by atoms with Gasteiger partial charge in [-0.1, -0.05) is 26.0 Å². The van der Waals surface area contributed by atoms with Crippen LogP contribution in [0.4, 0.5) is 0 Å². The average Bonchev–Trinajstić information content (AvgIpc) is 2.40. The lowest BCUT2D eigenvalue weighted by atomic mass is 9.99. The van der Waals surface area contributed by atoms with Crippen molar-refractivity contribution >= 4 is 0 Å². The summed E-state index contributed by atoms with van der Waals surface area (Å²) in [4.78, 5) is 0. The van der Waals surface area contributed by atoms with E-state index in [2.05, 4.69) is 43.4 Å². The molecule has 1 fully saturated rings. The van der Waals surface area contributed by atoms with Crippen molar-refractivity contribution in [3.8, 4) is 5.75 Å². The molecular weight excluding hydrogens is 210 g/mol. The molecule has 0 saturated carbocycles. The second-order valence-electron chi connectivity index (χ2n) is 4.96. The zero-order valence-corrected chi connectivity index (χ0v) is 10.9. The number of rotatable bonds is 4. The topological polar surface area (TPSA) is 21.3 Å². The zero-order valence-electron chi connectivity index (χ0n) is 10.9. The van der Waals surface area contributed by atoms with Crippen LogP contribution in [-0.2, 0) is 0 Å². The molecular formula is C15H23NO. The first-order chi connectivity index (χ1) is 8.29. The van der Waals surface area contributed by atoms with E-state index in [1.807, 2.05) is 0 Å². The van der Waals surface area contributed by atoms with Gasteiger partial charge in [-0.3, -0.25) is 0 Å². The molecule has 1 aliphatic rings. The van der Waals surface area contributed by atoms with Gasteiger partial charge in [-0.25, -0.2) is 0 Å². The van der Waals surface area contributed by atoms with Gasteiger partial charge in [0.25, 0.3) is 0 Å². The molecule has 1 aromatic rings. The minimum atomic E-state index is 0.346. The Kier molecular flexibility index (Phi) is 4.43. The van der Waals surface area contributed by atoms with Crippen molar-refractivity contribution < 1.29 is 4.74 Å². The summed E-state index contributed by atoms with van der Waals surface area (Å²) in [6, 6.07) is 8.60. The molecule has 2 heteroatoms. The molecule has 2 nitrogen and oxygen atoms in total. The standard InChI is InChI=1S/C15H23NO/c1-3-12(2)13-6-8-14(9-7-13)17-15-5-4-10-16-11-15/h6-9,12,15-16H,3-5,10-11H2,1-2H3/t12-,15+/m0/s1. The molecule has 0 aromatic heterocycles. The Balaban J connectivity index is 1.93. The normalized spacial score (nSPS) is 22.1. The van der Waals surface area contributed by atoms with Gasteiger partial charge in [-0.15, -0.1) is 0 Å². The van der Waals surface area contributed by atoms with E-state index in [9.17, 15) is 0 Å². The highest BCUT2D eigenvalue weighted by Crippen LogP contribution is 2.22. The molecule has 1 aliphatic heterocycles. The number of nitrogens with one attached hydrogen (secondary N) is 1. The molecule has 1 heterocycles. The van der Waals surface area contributed by atoms with E-state index in [-0.39, 0.29) is 0 Å². The van der Waals surface area contributed by atoms with Crippen LogP contribution in [0, 0.1) is 0 Å². The summed E-state index contributed by atoms with van der Waals surface area (Å²) in [5.74, 6) is 1.64. The molecule has 0 spiro atoms. The van der Waals surface area contributed by atoms with Gasteiger partial charge in [0.15, 0.2) is 0 Å². The largest absolute Gasteiger partial charge is 0.489 e. The van der Waals surface area contributed by atoms with Gasteiger partial charge in [-0.05, 0) is 49.4 Å². The summed E-state index contributed by atoms with van der Waals surface area (Å²) < 4.78 is 5.96. The Morgan fingerprint density at radius 2 is 2.12 bits per heavy atom. The van der Waals surface area contributed by atoms with Crippen LogP contribution in [-0.4, -0.2) is 19.2 Å². The predicted molar refractivity (Wildman–Crippen MR) is 71.7 cm³/mol. The molecule has 1 aromatic carbocycles. The van der Waals surface area contributed by atoms with E-state index in [0.29, 0.717) is 12.0 Å². The van der Waals surface area contributed by atoms with Crippen molar-refractivity contribution in [1.29, 1.82) is 0 Å². The van der Waals surface area contributed by atoms with Crippen LogP contribution in [0.3, 0.4) is 0 Å². The average molecular weight is 233 g/mol. The van der Waals surface area contributed by atoms with E-state index in [0.717, 1.165) is 18.8 Å². The van der Waals surface area contributed by atoms with E-state index in [1.165, 1.54) is 24.8 Å². The van der Waals surface area contributed by atoms with Crippen LogP contribution >= 0.6 is 0 Å². The molecule has 2 rings (SSSR count). The summed E-state index contributed by atoms with van der Waals surface area (Å²) in [5, 5.41) is 3.37. The Labute approximate surface area is 104 Å². The number of ether oxygens (including phenoxy) is 1. The monoisotopic (exact) mass is 233 g/mol. The summed E-state index contributed by atoms with van der Waals surface area (Å²) in [5.41, 5.74) is 1.40. The predicted octanol–water partition coefficient (Wildman–Crippen LogP) is 3.33. The summed E-state index contributed by atoms with van der Waals surface area (Å²) in [6.07, 6.45) is 3.92. The van der Waals surface area contributed by atoms with Crippen molar-refractivity contribution in [2.75, 3.05) is 13.1 Å². The van der Waals surface area contributed by atoms with E-state index < -0.39 is 0 Å². The van der Waals surface area contributed by atoms with Crippen LogP contribution in [0.2, 0.25) is 0 Å². The Hall–Kier alpha value is -1.02. The molecule has 0 aliphatic carbocycles. The summed E-state index contributed by atoms with van der Waals surface area (Å²) in [6.45, 7) is 6.60. The molecule has 0 unspecified atom stereocenters. The Morgan fingerprint density at radius 1 is 1.35 bits per heavy atom. The number of hydrogen-bond acceptors (Lipinski definition) is 2. The fourth-order valence-electron chi connectivity index (χ4n) is 2.22. The molecule has 17 heavy (non-hydrogen) atoms. The van der Waals surface area contributed by atoms with Crippen LogP contribution in [0.15, 0.2) is 24.3 Å². The van der Waals surface area contributed by atoms with Gasteiger partial charge in [0.1, 0.15) is 11.9 Å². The van der Waals surface area contributed by atoms with Crippen molar-refractivity contribution in [3.05, 3.63) is 29.8 Å². The van der Waals surface area contributed by atoms with E-state index >= 15 is 0 Å². The second kappa shape index (κ2) is 6.06. The highest BCUT2D eigenvalue weighted by atomic mass is 16.5. The molecule has 94 valence electrons. The molecule has 1 saturated heterocycles. The first-order valence-electron chi connectivity index (χ1n) is 6.77. The number of hydrogen-bond donors (Lipinski definition) is 1. The van der Waals surface area contributed by atoms with Gasteiger partial charge in [0.05, 0.1) is 0 Å². The highest BCUT2D eigenvalue weighted by molar-refractivity contribution is 5.29. The fraction of sp³-hybridized carbons (Fsp3) is 0.600. The van der Waals surface area contributed by atoms with Crippen LogP contribution < -0.4 is 10.1 Å². The van der Waals surface area contributed by atoms with Crippen molar-refractivity contribution in [3.63, 3.8) is 0 Å². The molecule has 1 N–H and O–H groups in total. The summed E-state index contributed by atoms with van der Waals surface area (Å²) >= 11 is 0. The van der Waals surface area contributed by atoms with Crippen molar-refractivity contribution in [2.24, 2.45) is 0 Å². The van der Waals surface area contributed by atoms with Gasteiger partial charge in [-0.2, -0.15) is 0 Å². The van der Waals surface area contributed by atoms with Crippen LogP contribution in [0.1, 0.15) is 44.6 Å². The maximum atomic E-state index is 5.96. The van der Waals surface area contributed by atoms with E-state index in [1.54, 1.807) is 0 Å². The maximum Gasteiger partial charge on any atom is 0.119 e. The highest BCUT2D eigenvalue weighted by Gasteiger charge is 2.14. The van der Waals surface area contributed by atoms with Gasteiger partial charge in [0, 0.05) is 6.54 Å². The zero-order chi connectivity index (χ0) is 12.1. The lowest BCUT2D eigenvalue weighted by Crippen LogP contribution is -2.37. The quantitative estimate of drug-likeness (QED) is 0.861. The molecule has 0 amide bonds. The SMILES string of the molecule is CC[C@H](C)c1ccc(O[C@@H]2CCCNC2)cc1. The van der Waals surface area contributed by atoms with Gasteiger partial charge < -0.3 is 10.1 Å². The minimum absolute atomic E-state index is 0.346. The third-order valence-electron chi connectivity index (χ3n) is 3.62.